The number of carbonyl (C=O) groups is 1. The zero-order chi connectivity index (χ0) is 21.2. The van der Waals surface area contributed by atoms with E-state index in [2.05, 4.69) is 45.1 Å². The number of piperidine rings is 1. The second kappa shape index (κ2) is 8.98. The maximum Gasteiger partial charge on any atom is 0.252 e. The van der Waals surface area contributed by atoms with Gasteiger partial charge in [-0.2, -0.15) is 4.31 Å². The molecule has 158 valence electrons. The predicted octanol–water partition coefficient (Wildman–Crippen LogP) is 5.03. The average Bonchev–Trinajstić information content (AvgIpc) is 3.23. The number of sulfonamides is 1. The molecule has 0 radical (unpaired) electrons. The molecule has 0 spiro atoms. The van der Waals surface area contributed by atoms with Crippen molar-refractivity contribution in [3.8, 4) is 0 Å². The summed E-state index contributed by atoms with van der Waals surface area (Å²) in [4.78, 5) is 12.9. The molecule has 0 atom stereocenters. The molecule has 0 unspecified atom stereocenters. The molecule has 7 heteroatoms. The van der Waals surface area contributed by atoms with Crippen molar-refractivity contribution in [2.45, 2.75) is 56.6 Å². The van der Waals surface area contributed by atoms with Crippen molar-refractivity contribution in [3.63, 3.8) is 0 Å². The fourth-order valence-corrected chi connectivity index (χ4v) is 6.28. The summed E-state index contributed by atoms with van der Waals surface area (Å²) in [5.74, 6) is 0.556. The van der Waals surface area contributed by atoms with Crippen LogP contribution >= 0.6 is 11.3 Å². The van der Waals surface area contributed by atoms with E-state index in [1.807, 2.05) is 6.07 Å². The minimum absolute atomic E-state index is 0.0163. The van der Waals surface area contributed by atoms with E-state index in [4.69, 9.17) is 0 Å². The average molecular weight is 435 g/mol. The molecule has 1 amide bonds. The summed E-state index contributed by atoms with van der Waals surface area (Å²) in [5, 5.41) is 4.87. The molecule has 5 nitrogen and oxygen atoms in total. The fraction of sp³-hybridized carbons (Fsp3) is 0.500. The van der Waals surface area contributed by atoms with Gasteiger partial charge in [0.05, 0.1) is 0 Å². The molecule has 2 heterocycles. The lowest BCUT2D eigenvalue weighted by Gasteiger charge is -2.30. The molecule has 1 aromatic carbocycles. The van der Waals surface area contributed by atoms with Gasteiger partial charge in [0.25, 0.3) is 10.0 Å². The van der Waals surface area contributed by atoms with Crippen molar-refractivity contribution in [3.05, 3.63) is 46.8 Å². The molecule has 29 heavy (non-hydrogen) atoms. The highest BCUT2D eigenvalue weighted by Gasteiger charge is 2.32. The number of nitrogens with zero attached hydrogens (tertiary/aromatic N) is 1. The summed E-state index contributed by atoms with van der Waals surface area (Å²) >= 11 is 1.23. The summed E-state index contributed by atoms with van der Waals surface area (Å²) in [6, 6.07) is 9.63. The number of carbonyl (C=O) groups excluding carboxylic acids is 1. The van der Waals surface area contributed by atoms with Crippen molar-refractivity contribution in [2.24, 2.45) is 5.92 Å². The van der Waals surface area contributed by atoms with Gasteiger partial charge in [-0.15, -0.1) is 11.3 Å². The highest BCUT2D eigenvalue weighted by molar-refractivity contribution is 7.91. The number of nitrogens with one attached hydrogen (secondary N) is 1. The third-order valence-corrected chi connectivity index (χ3v) is 8.81. The van der Waals surface area contributed by atoms with Gasteiger partial charge in [0.15, 0.2) is 0 Å². The number of hydrogen-bond acceptors (Lipinski definition) is 4. The van der Waals surface area contributed by atoms with E-state index < -0.39 is 10.0 Å². The van der Waals surface area contributed by atoms with E-state index in [1.165, 1.54) is 21.2 Å². The lowest BCUT2D eigenvalue weighted by Crippen LogP contribution is -2.41. The van der Waals surface area contributed by atoms with Crippen LogP contribution in [-0.4, -0.2) is 31.7 Å². The molecule has 1 aliphatic rings. The Hall–Kier alpha value is -1.70. The topological polar surface area (TPSA) is 66.5 Å². The molecular formula is C22H30N2O3S2. The fourth-order valence-electron chi connectivity index (χ4n) is 3.66. The van der Waals surface area contributed by atoms with Crippen LogP contribution in [0.1, 0.15) is 63.5 Å². The van der Waals surface area contributed by atoms with Crippen LogP contribution in [0.25, 0.3) is 0 Å². The minimum atomic E-state index is -3.44. The minimum Gasteiger partial charge on any atom is -0.326 e. The van der Waals surface area contributed by atoms with Gasteiger partial charge in [-0.05, 0) is 53.3 Å². The van der Waals surface area contributed by atoms with Crippen LogP contribution in [0.3, 0.4) is 0 Å². The molecule has 1 fully saturated rings. The smallest absolute Gasteiger partial charge is 0.252 e. The van der Waals surface area contributed by atoms with E-state index in [0.717, 1.165) is 11.3 Å². The second-order valence-corrected chi connectivity index (χ2v) is 11.4. The maximum atomic E-state index is 12.9. The quantitative estimate of drug-likeness (QED) is 0.693. The van der Waals surface area contributed by atoms with Crippen molar-refractivity contribution >= 4 is 33.0 Å². The van der Waals surface area contributed by atoms with Gasteiger partial charge in [-0.25, -0.2) is 8.42 Å². The largest absolute Gasteiger partial charge is 0.326 e. The Morgan fingerprint density at radius 1 is 1.10 bits per heavy atom. The molecule has 2 aromatic rings. The number of thiophene rings is 1. The molecule has 0 aliphatic carbocycles. The molecule has 0 saturated carbocycles. The van der Waals surface area contributed by atoms with Crippen molar-refractivity contribution in [1.29, 1.82) is 0 Å². The van der Waals surface area contributed by atoms with E-state index in [-0.39, 0.29) is 11.8 Å². The first kappa shape index (κ1) is 22.0. The van der Waals surface area contributed by atoms with E-state index in [0.29, 0.717) is 42.0 Å². The van der Waals surface area contributed by atoms with Crippen molar-refractivity contribution in [2.75, 3.05) is 18.4 Å². The molecule has 0 bridgehead atoms. The Morgan fingerprint density at radius 2 is 1.79 bits per heavy atom. The van der Waals surface area contributed by atoms with Crippen LogP contribution in [0, 0.1) is 5.92 Å². The first-order valence-electron chi connectivity index (χ1n) is 10.2. The van der Waals surface area contributed by atoms with Gasteiger partial charge in [0.1, 0.15) is 4.21 Å². The first-order chi connectivity index (χ1) is 13.7. The molecule has 1 saturated heterocycles. The Morgan fingerprint density at radius 3 is 2.34 bits per heavy atom. The first-order valence-corrected chi connectivity index (χ1v) is 12.5. The van der Waals surface area contributed by atoms with Gasteiger partial charge in [-0.1, -0.05) is 45.9 Å². The van der Waals surface area contributed by atoms with E-state index in [9.17, 15) is 13.2 Å². The van der Waals surface area contributed by atoms with Crippen LogP contribution in [0.4, 0.5) is 5.69 Å². The van der Waals surface area contributed by atoms with Crippen LogP contribution in [-0.2, 0) is 14.8 Å². The standard InChI is InChI=1S/C22H30N2O3S2/c1-15(2)18-7-8-20(19(14-18)16(3)4)23-22(25)17-9-11-24(12-10-17)29(26,27)21-6-5-13-28-21/h5-8,13-17H,9-12H2,1-4H3,(H,23,25). The second-order valence-electron chi connectivity index (χ2n) is 8.26. The number of anilines is 1. The third-order valence-electron chi connectivity index (χ3n) is 5.54. The monoisotopic (exact) mass is 434 g/mol. The van der Waals surface area contributed by atoms with Gasteiger partial charge < -0.3 is 5.32 Å². The van der Waals surface area contributed by atoms with Crippen LogP contribution in [0.5, 0.6) is 0 Å². The third kappa shape index (κ3) is 4.90. The normalized spacial score (nSPS) is 16.5. The number of rotatable bonds is 6. The highest BCUT2D eigenvalue weighted by Crippen LogP contribution is 2.30. The van der Waals surface area contributed by atoms with Crippen molar-refractivity contribution in [1.82, 2.24) is 4.31 Å². The van der Waals surface area contributed by atoms with E-state index >= 15 is 0 Å². The summed E-state index contributed by atoms with van der Waals surface area (Å²) < 4.78 is 27.2. The molecule has 1 N–H and O–H groups in total. The Labute approximate surface area is 178 Å². The van der Waals surface area contributed by atoms with Crippen molar-refractivity contribution < 1.29 is 13.2 Å². The Kier molecular flexibility index (Phi) is 6.81. The molecule has 3 rings (SSSR count). The van der Waals surface area contributed by atoms with Gasteiger partial charge in [0.2, 0.25) is 5.91 Å². The van der Waals surface area contributed by atoms with Gasteiger partial charge in [0, 0.05) is 24.7 Å². The molecular weight excluding hydrogens is 404 g/mol. The Balaban J connectivity index is 1.66. The van der Waals surface area contributed by atoms with Crippen LogP contribution in [0.15, 0.2) is 39.9 Å². The highest BCUT2D eigenvalue weighted by atomic mass is 32.2. The van der Waals surface area contributed by atoms with Gasteiger partial charge in [-0.3, -0.25) is 4.79 Å². The summed E-state index contributed by atoms with van der Waals surface area (Å²) in [6.45, 7) is 9.33. The van der Waals surface area contributed by atoms with Gasteiger partial charge >= 0.3 is 0 Å². The predicted molar refractivity (Wildman–Crippen MR) is 119 cm³/mol. The Bertz CT molecular complexity index is 942. The summed E-state index contributed by atoms with van der Waals surface area (Å²) in [7, 11) is -3.44. The number of amides is 1. The van der Waals surface area contributed by atoms with E-state index in [1.54, 1.807) is 17.5 Å². The lowest BCUT2D eigenvalue weighted by molar-refractivity contribution is -0.120. The lowest BCUT2D eigenvalue weighted by atomic mass is 9.93. The van der Waals surface area contributed by atoms with Crippen LogP contribution in [0.2, 0.25) is 0 Å². The summed E-state index contributed by atoms with van der Waals surface area (Å²) in [5.41, 5.74) is 3.27. The zero-order valence-electron chi connectivity index (χ0n) is 17.5. The molecule has 1 aliphatic heterocycles. The molecule has 1 aromatic heterocycles. The number of hydrogen-bond donors (Lipinski definition) is 1. The summed E-state index contributed by atoms with van der Waals surface area (Å²) in [6.07, 6.45) is 1.08. The number of benzene rings is 1. The SMILES string of the molecule is CC(C)c1ccc(NC(=O)C2CCN(S(=O)(=O)c3cccs3)CC2)c(C(C)C)c1. The van der Waals surface area contributed by atoms with Crippen LogP contribution < -0.4 is 5.32 Å². The zero-order valence-corrected chi connectivity index (χ0v) is 19.1. The maximum absolute atomic E-state index is 12.9.